The van der Waals surface area contributed by atoms with Crippen molar-refractivity contribution >= 4 is 33.0 Å². The van der Waals surface area contributed by atoms with Gasteiger partial charge in [-0.05, 0) is 61.6 Å². The Morgan fingerprint density at radius 2 is 1.92 bits per heavy atom. The van der Waals surface area contributed by atoms with E-state index in [1.165, 1.54) is 41.9 Å². The molecule has 0 radical (unpaired) electrons. The number of hydrogen-bond donors (Lipinski definition) is 1. The van der Waals surface area contributed by atoms with Crippen LogP contribution in [0.2, 0.25) is 0 Å². The van der Waals surface area contributed by atoms with Gasteiger partial charge in [0.25, 0.3) is 0 Å². The van der Waals surface area contributed by atoms with Crippen molar-refractivity contribution in [1.82, 2.24) is 4.98 Å². The molecule has 0 aliphatic heterocycles. The lowest BCUT2D eigenvalue weighted by Crippen LogP contribution is -2.02. The lowest BCUT2D eigenvalue weighted by atomic mass is 10.1. The highest BCUT2D eigenvalue weighted by molar-refractivity contribution is 7.21. The number of anilines is 1. The number of nitrogens with zero attached hydrogens (tertiary/aromatic N) is 1. The fraction of sp³-hybridized carbons (Fsp3) is 0.300. The zero-order valence-electron chi connectivity index (χ0n) is 14.2. The summed E-state index contributed by atoms with van der Waals surface area (Å²) < 4.78 is 5.15. The molecule has 1 aromatic carbocycles. The zero-order valence-corrected chi connectivity index (χ0v) is 15.0. The van der Waals surface area contributed by atoms with Crippen LogP contribution in [-0.4, -0.2) is 17.9 Å². The number of ketones is 1. The standard InChI is InChI=1S/C20H20N2O2S/c1-24-14-9-7-12(8-10-14)18(23)19-17(21)15-11-13-5-3-2-4-6-16(13)22-20(15)25-19/h7-11H,2-6,21H2,1H3. The predicted octanol–water partition coefficient (Wildman–Crippen LogP) is 4.39. The van der Waals surface area contributed by atoms with E-state index in [1.807, 2.05) is 0 Å². The van der Waals surface area contributed by atoms with Gasteiger partial charge in [-0.1, -0.05) is 6.42 Å². The van der Waals surface area contributed by atoms with Crippen molar-refractivity contribution in [2.45, 2.75) is 32.1 Å². The van der Waals surface area contributed by atoms with Crippen LogP contribution in [0.5, 0.6) is 5.75 Å². The van der Waals surface area contributed by atoms with Gasteiger partial charge in [-0.25, -0.2) is 4.98 Å². The number of carbonyl (C=O) groups is 1. The summed E-state index contributed by atoms with van der Waals surface area (Å²) in [5.41, 5.74) is 9.96. The molecule has 0 spiro atoms. The van der Waals surface area contributed by atoms with E-state index in [2.05, 4.69) is 6.07 Å². The number of thiophene rings is 1. The number of aromatic nitrogens is 1. The predicted molar refractivity (Wildman–Crippen MR) is 102 cm³/mol. The molecule has 4 nitrogen and oxygen atoms in total. The van der Waals surface area contributed by atoms with Crippen molar-refractivity contribution in [2.75, 3.05) is 12.8 Å². The van der Waals surface area contributed by atoms with Crippen LogP contribution in [0.15, 0.2) is 30.3 Å². The summed E-state index contributed by atoms with van der Waals surface area (Å²) in [7, 11) is 1.61. The number of ether oxygens (including phenoxy) is 1. The molecule has 0 fully saturated rings. The second-order valence-electron chi connectivity index (χ2n) is 6.41. The van der Waals surface area contributed by atoms with Crippen LogP contribution in [-0.2, 0) is 12.8 Å². The molecule has 25 heavy (non-hydrogen) atoms. The average Bonchev–Trinajstić information content (AvgIpc) is 2.82. The molecule has 0 atom stereocenters. The van der Waals surface area contributed by atoms with Gasteiger partial charge in [0.05, 0.1) is 12.8 Å². The molecule has 0 unspecified atom stereocenters. The Bertz CT molecular complexity index is 944. The van der Waals surface area contributed by atoms with Gasteiger partial charge in [0.1, 0.15) is 15.5 Å². The van der Waals surface area contributed by atoms with E-state index >= 15 is 0 Å². The highest BCUT2D eigenvalue weighted by atomic mass is 32.1. The van der Waals surface area contributed by atoms with E-state index in [4.69, 9.17) is 15.5 Å². The Morgan fingerprint density at radius 1 is 1.16 bits per heavy atom. The van der Waals surface area contributed by atoms with E-state index in [0.717, 1.165) is 28.8 Å². The molecule has 2 N–H and O–H groups in total. The minimum Gasteiger partial charge on any atom is -0.497 e. The first-order valence-electron chi connectivity index (χ1n) is 8.57. The average molecular weight is 352 g/mol. The van der Waals surface area contributed by atoms with Gasteiger partial charge in [-0.15, -0.1) is 11.3 Å². The first-order valence-corrected chi connectivity index (χ1v) is 9.38. The maximum atomic E-state index is 12.9. The Kier molecular flexibility index (Phi) is 4.17. The molecule has 2 aromatic heterocycles. The van der Waals surface area contributed by atoms with Gasteiger partial charge < -0.3 is 10.5 Å². The molecule has 1 aliphatic rings. The second kappa shape index (κ2) is 6.48. The number of aryl methyl sites for hydroxylation is 2. The van der Waals surface area contributed by atoms with Crippen molar-refractivity contribution in [1.29, 1.82) is 0 Å². The number of fused-ring (bicyclic) bond motifs is 2. The topological polar surface area (TPSA) is 65.2 Å². The molecule has 0 bridgehead atoms. The van der Waals surface area contributed by atoms with Gasteiger partial charge in [0, 0.05) is 16.6 Å². The molecule has 128 valence electrons. The van der Waals surface area contributed by atoms with Crippen LogP contribution in [0.1, 0.15) is 45.8 Å². The second-order valence-corrected chi connectivity index (χ2v) is 7.41. The van der Waals surface area contributed by atoms with Gasteiger partial charge in [0.2, 0.25) is 5.78 Å². The van der Waals surface area contributed by atoms with E-state index in [1.54, 1.807) is 31.4 Å². The highest BCUT2D eigenvalue weighted by Gasteiger charge is 2.21. The largest absolute Gasteiger partial charge is 0.497 e. The monoisotopic (exact) mass is 352 g/mol. The van der Waals surface area contributed by atoms with Gasteiger partial charge >= 0.3 is 0 Å². The highest BCUT2D eigenvalue weighted by Crippen LogP contribution is 2.36. The summed E-state index contributed by atoms with van der Waals surface area (Å²) >= 11 is 1.40. The summed E-state index contributed by atoms with van der Waals surface area (Å²) in [5, 5.41) is 0.919. The molecule has 0 saturated carbocycles. The zero-order chi connectivity index (χ0) is 17.4. The number of nitrogen functional groups attached to an aromatic ring is 1. The normalized spacial score (nSPS) is 14.1. The van der Waals surface area contributed by atoms with Crippen molar-refractivity contribution in [3.05, 3.63) is 52.0 Å². The molecular weight excluding hydrogens is 332 g/mol. The van der Waals surface area contributed by atoms with Crippen molar-refractivity contribution in [3.63, 3.8) is 0 Å². The number of nitrogens with two attached hydrogens (primary N) is 1. The molecule has 5 heteroatoms. The third-order valence-electron chi connectivity index (χ3n) is 4.81. The van der Waals surface area contributed by atoms with Crippen molar-refractivity contribution in [2.24, 2.45) is 0 Å². The van der Waals surface area contributed by atoms with Gasteiger partial charge in [0.15, 0.2) is 0 Å². The van der Waals surface area contributed by atoms with Crippen LogP contribution in [0, 0.1) is 0 Å². The maximum Gasteiger partial charge on any atom is 0.205 e. The summed E-state index contributed by atoms with van der Waals surface area (Å²) in [6, 6.07) is 9.27. The van der Waals surface area contributed by atoms with Crippen LogP contribution in [0.3, 0.4) is 0 Å². The SMILES string of the molecule is COc1ccc(C(=O)c2sc3nc4c(cc3c2N)CCCCC4)cc1. The fourth-order valence-corrected chi connectivity index (χ4v) is 4.44. The number of methoxy groups -OCH3 is 1. The Morgan fingerprint density at radius 3 is 2.68 bits per heavy atom. The van der Waals surface area contributed by atoms with Gasteiger partial charge in [-0.3, -0.25) is 4.79 Å². The van der Waals surface area contributed by atoms with Crippen LogP contribution >= 0.6 is 11.3 Å². The van der Waals surface area contributed by atoms with Crippen molar-refractivity contribution in [3.8, 4) is 5.75 Å². The lowest BCUT2D eigenvalue weighted by Gasteiger charge is -2.04. The molecule has 1 aliphatic carbocycles. The number of rotatable bonds is 3. The molecule has 0 saturated heterocycles. The first-order chi connectivity index (χ1) is 12.2. The molecule has 2 heterocycles. The van der Waals surface area contributed by atoms with Gasteiger partial charge in [-0.2, -0.15) is 0 Å². The Balaban J connectivity index is 1.76. The maximum absolute atomic E-state index is 12.9. The minimum absolute atomic E-state index is 0.0571. The quantitative estimate of drug-likeness (QED) is 0.561. The fourth-order valence-electron chi connectivity index (χ4n) is 3.38. The first kappa shape index (κ1) is 16.1. The lowest BCUT2D eigenvalue weighted by molar-refractivity contribution is 0.104. The summed E-state index contributed by atoms with van der Waals surface area (Å²) in [5.74, 6) is 0.671. The molecule has 0 amide bonds. The number of hydrogen-bond acceptors (Lipinski definition) is 5. The summed E-state index contributed by atoms with van der Waals surface area (Å²) in [6.07, 6.45) is 5.70. The van der Waals surface area contributed by atoms with Crippen molar-refractivity contribution < 1.29 is 9.53 Å². The molecule has 4 rings (SSSR count). The van der Waals surface area contributed by atoms with E-state index in [9.17, 15) is 4.79 Å². The summed E-state index contributed by atoms with van der Waals surface area (Å²) in [4.78, 5) is 19.1. The van der Waals surface area contributed by atoms with Crippen LogP contribution in [0.4, 0.5) is 5.69 Å². The number of carbonyl (C=O) groups excluding carboxylic acids is 1. The van der Waals surface area contributed by atoms with E-state index in [0.29, 0.717) is 16.1 Å². The van der Waals surface area contributed by atoms with Crippen LogP contribution in [0.25, 0.3) is 10.2 Å². The third kappa shape index (κ3) is 2.89. The Labute approximate surface area is 150 Å². The molecule has 3 aromatic rings. The summed E-state index contributed by atoms with van der Waals surface area (Å²) in [6.45, 7) is 0. The molecular formula is C20H20N2O2S. The van der Waals surface area contributed by atoms with Crippen LogP contribution < -0.4 is 10.5 Å². The Hall–Kier alpha value is -2.40. The van der Waals surface area contributed by atoms with E-state index < -0.39 is 0 Å². The van der Waals surface area contributed by atoms with E-state index in [-0.39, 0.29) is 5.78 Å². The number of pyridine rings is 1. The third-order valence-corrected chi connectivity index (χ3v) is 5.92. The minimum atomic E-state index is -0.0571. The smallest absolute Gasteiger partial charge is 0.205 e. The number of benzene rings is 1.